The van der Waals surface area contributed by atoms with Gasteiger partial charge in [-0.15, -0.1) is 24.0 Å². The standard InChI is InChI=1S/C20H26N4O.HI/c1-15-6-4-5-7-18(15)14-23-20(21-3)22-13-12-17-8-10-19(11-9-17)24-16(2)25;/h4-11H,12-14H2,1-3H3,(H,24,25)(H2,21,22,23);1H. The molecule has 0 radical (unpaired) electrons. The lowest BCUT2D eigenvalue weighted by Crippen LogP contribution is -2.38. The summed E-state index contributed by atoms with van der Waals surface area (Å²) in [5, 5.41) is 9.43. The molecule has 0 spiro atoms. The first kappa shape index (κ1) is 22.0. The van der Waals surface area contributed by atoms with Gasteiger partial charge in [-0.25, -0.2) is 0 Å². The van der Waals surface area contributed by atoms with E-state index in [0.717, 1.165) is 31.2 Å². The van der Waals surface area contributed by atoms with Crippen LogP contribution in [0.1, 0.15) is 23.6 Å². The van der Waals surface area contributed by atoms with Crippen molar-refractivity contribution < 1.29 is 4.79 Å². The Hall–Kier alpha value is -2.09. The van der Waals surface area contributed by atoms with Crippen molar-refractivity contribution in [3.05, 3.63) is 65.2 Å². The molecular formula is C20H27IN4O. The van der Waals surface area contributed by atoms with Crippen molar-refractivity contribution in [3.8, 4) is 0 Å². The van der Waals surface area contributed by atoms with Crippen molar-refractivity contribution in [2.75, 3.05) is 18.9 Å². The minimum Gasteiger partial charge on any atom is -0.356 e. The van der Waals surface area contributed by atoms with Crippen LogP contribution in [0.4, 0.5) is 5.69 Å². The van der Waals surface area contributed by atoms with Gasteiger partial charge >= 0.3 is 0 Å². The van der Waals surface area contributed by atoms with Gasteiger partial charge in [-0.3, -0.25) is 9.79 Å². The van der Waals surface area contributed by atoms with E-state index in [4.69, 9.17) is 0 Å². The number of anilines is 1. The zero-order valence-corrected chi connectivity index (χ0v) is 17.8. The molecule has 5 nitrogen and oxygen atoms in total. The molecule has 0 aliphatic rings. The highest BCUT2D eigenvalue weighted by molar-refractivity contribution is 14.0. The number of carbonyl (C=O) groups excluding carboxylic acids is 1. The average Bonchev–Trinajstić information content (AvgIpc) is 2.60. The van der Waals surface area contributed by atoms with Crippen LogP contribution < -0.4 is 16.0 Å². The molecule has 0 fully saturated rings. The summed E-state index contributed by atoms with van der Waals surface area (Å²) in [5.74, 6) is 0.732. The van der Waals surface area contributed by atoms with E-state index in [2.05, 4.69) is 40.0 Å². The Morgan fingerprint density at radius 2 is 1.73 bits per heavy atom. The lowest BCUT2D eigenvalue weighted by atomic mass is 10.1. The third-order valence-electron chi connectivity index (χ3n) is 3.91. The molecule has 0 aliphatic heterocycles. The molecular weight excluding hydrogens is 439 g/mol. The predicted molar refractivity (Wildman–Crippen MR) is 119 cm³/mol. The number of halogens is 1. The SMILES string of the molecule is CN=C(NCCc1ccc(NC(C)=O)cc1)NCc1ccccc1C.I. The molecule has 2 aromatic rings. The monoisotopic (exact) mass is 466 g/mol. The van der Waals surface area contributed by atoms with E-state index in [1.54, 1.807) is 7.05 Å². The van der Waals surface area contributed by atoms with E-state index in [1.807, 2.05) is 36.4 Å². The summed E-state index contributed by atoms with van der Waals surface area (Å²) in [5.41, 5.74) is 4.56. The molecule has 6 heteroatoms. The summed E-state index contributed by atoms with van der Waals surface area (Å²) in [6.45, 7) is 5.15. The molecule has 2 aromatic carbocycles. The topological polar surface area (TPSA) is 65.5 Å². The molecule has 0 unspecified atom stereocenters. The molecule has 0 heterocycles. The summed E-state index contributed by atoms with van der Waals surface area (Å²) in [6.07, 6.45) is 0.880. The van der Waals surface area contributed by atoms with Gasteiger partial charge in [0.1, 0.15) is 0 Å². The van der Waals surface area contributed by atoms with E-state index in [9.17, 15) is 4.79 Å². The van der Waals surface area contributed by atoms with Crippen LogP contribution in [0.2, 0.25) is 0 Å². The highest BCUT2D eigenvalue weighted by Gasteiger charge is 2.01. The van der Waals surface area contributed by atoms with Crippen molar-refractivity contribution >= 4 is 41.5 Å². The number of aliphatic imine (C=N–C) groups is 1. The molecule has 0 saturated heterocycles. The van der Waals surface area contributed by atoms with Crippen molar-refractivity contribution in [1.82, 2.24) is 10.6 Å². The molecule has 0 bridgehead atoms. The van der Waals surface area contributed by atoms with Gasteiger partial charge in [0.15, 0.2) is 5.96 Å². The molecule has 0 aromatic heterocycles. The molecule has 26 heavy (non-hydrogen) atoms. The van der Waals surface area contributed by atoms with Gasteiger partial charge in [-0.2, -0.15) is 0 Å². The number of nitrogens with zero attached hydrogens (tertiary/aromatic N) is 1. The number of nitrogens with one attached hydrogen (secondary N) is 3. The second-order valence-corrected chi connectivity index (χ2v) is 5.91. The second-order valence-electron chi connectivity index (χ2n) is 5.91. The summed E-state index contributed by atoms with van der Waals surface area (Å²) >= 11 is 0. The van der Waals surface area contributed by atoms with E-state index in [1.165, 1.54) is 23.6 Å². The molecule has 3 N–H and O–H groups in total. The van der Waals surface area contributed by atoms with Gasteiger partial charge in [0.2, 0.25) is 5.91 Å². The molecule has 0 saturated carbocycles. The van der Waals surface area contributed by atoms with Gasteiger partial charge in [0.05, 0.1) is 0 Å². The third-order valence-corrected chi connectivity index (χ3v) is 3.91. The zero-order valence-electron chi connectivity index (χ0n) is 15.5. The fourth-order valence-electron chi connectivity index (χ4n) is 2.49. The first-order valence-corrected chi connectivity index (χ1v) is 8.44. The van der Waals surface area contributed by atoms with Gasteiger partial charge in [-0.1, -0.05) is 36.4 Å². The minimum absolute atomic E-state index is 0. The number of hydrogen-bond donors (Lipinski definition) is 3. The number of amides is 1. The summed E-state index contributed by atoms with van der Waals surface area (Å²) in [6, 6.07) is 16.2. The van der Waals surface area contributed by atoms with Crippen LogP contribution in [0.15, 0.2) is 53.5 Å². The van der Waals surface area contributed by atoms with Crippen molar-refractivity contribution in [2.45, 2.75) is 26.8 Å². The Bertz CT molecular complexity index is 729. The fourth-order valence-corrected chi connectivity index (χ4v) is 2.49. The number of aryl methyl sites for hydroxylation is 1. The van der Waals surface area contributed by atoms with Crippen molar-refractivity contribution in [1.29, 1.82) is 0 Å². The number of carbonyl (C=O) groups is 1. The summed E-state index contributed by atoms with van der Waals surface area (Å²) in [4.78, 5) is 15.3. The van der Waals surface area contributed by atoms with Crippen LogP contribution >= 0.6 is 24.0 Å². The number of rotatable bonds is 6. The smallest absolute Gasteiger partial charge is 0.221 e. The van der Waals surface area contributed by atoms with Crippen molar-refractivity contribution in [3.63, 3.8) is 0 Å². The maximum absolute atomic E-state index is 11.0. The number of hydrogen-bond acceptors (Lipinski definition) is 2. The van der Waals surface area contributed by atoms with Crippen LogP contribution in [0.25, 0.3) is 0 Å². The number of benzene rings is 2. The van der Waals surface area contributed by atoms with Crippen LogP contribution in [0.3, 0.4) is 0 Å². The van der Waals surface area contributed by atoms with Gasteiger partial charge in [0, 0.05) is 32.7 Å². The Kier molecular flexibility index (Phi) is 9.72. The van der Waals surface area contributed by atoms with Gasteiger partial charge in [-0.05, 0) is 42.2 Å². The third kappa shape index (κ3) is 7.43. The second kappa shape index (κ2) is 11.5. The molecule has 0 atom stereocenters. The predicted octanol–water partition coefficient (Wildman–Crippen LogP) is 3.48. The Labute approximate surface area is 172 Å². The minimum atomic E-state index is -0.0575. The summed E-state index contributed by atoms with van der Waals surface area (Å²) in [7, 11) is 1.77. The van der Waals surface area contributed by atoms with E-state index >= 15 is 0 Å². The lowest BCUT2D eigenvalue weighted by molar-refractivity contribution is -0.114. The zero-order chi connectivity index (χ0) is 18.1. The Balaban J connectivity index is 0.00000338. The quantitative estimate of drug-likeness (QED) is 0.347. The van der Waals surface area contributed by atoms with Crippen molar-refractivity contribution in [2.24, 2.45) is 4.99 Å². The van der Waals surface area contributed by atoms with Crippen LogP contribution in [0.5, 0.6) is 0 Å². The van der Waals surface area contributed by atoms with E-state index < -0.39 is 0 Å². The first-order chi connectivity index (χ1) is 12.1. The van der Waals surface area contributed by atoms with Gasteiger partial charge in [0.25, 0.3) is 0 Å². The Morgan fingerprint density at radius 1 is 1.04 bits per heavy atom. The molecule has 140 valence electrons. The highest BCUT2D eigenvalue weighted by Crippen LogP contribution is 2.09. The fraction of sp³-hybridized carbons (Fsp3) is 0.300. The normalized spacial score (nSPS) is 10.7. The maximum Gasteiger partial charge on any atom is 0.221 e. The van der Waals surface area contributed by atoms with Gasteiger partial charge < -0.3 is 16.0 Å². The average molecular weight is 466 g/mol. The van der Waals surface area contributed by atoms with Crippen LogP contribution in [-0.2, 0) is 17.8 Å². The maximum atomic E-state index is 11.0. The molecule has 0 aliphatic carbocycles. The Morgan fingerprint density at radius 3 is 2.35 bits per heavy atom. The first-order valence-electron chi connectivity index (χ1n) is 8.44. The van der Waals surface area contributed by atoms with Crippen LogP contribution in [0, 0.1) is 6.92 Å². The molecule has 1 amide bonds. The van der Waals surface area contributed by atoms with Crippen LogP contribution in [-0.4, -0.2) is 25.5 Å². The van der Waals surface area contributed by atoms with E-state index in [-0.39, 0.29) is 29.9 Å². The lowest BCUT2D eigenvalue weighted by Gasteiger charge is -2.13. The number of guanidine groups is 1. The summed E-state index contributed by atoms with van der Waals surface area (Å²) < 4.78 is 0. The highest BCUT2D eigenvalue weighted by atomic mass is 127. The largest absolute Gasteiger partial charge is 0.356 e. The molecule has 2 rings (SSSR count). The van der Waals surface area contributed by atoms with E-state index in [0.29, 0.717) is 0 Å².